The Morgan fingerprint density at radius 1 is 1.38 bits per heavy atom. The molecule has 0 aliphatic rings. The van der Waals surface area contributed by atoms with Crippen LogP contribution in [0.3, 0.4) is 0 Å². The average molecular weight is 255 g/mol. The van der Waals surface area contributed by atoms with Gasteiger partial charge in [-0.05, 0) is 6.92 Å². The minimum atomic E-state index is -1.57. The van der Waals surface area contributed by atoms with Gasteiger partial charge in [0.05, 0.1) is 13.2 Å². The van der Waals surface area contributed by atoms with Crippen LogP contribution < -0.4 is 5.32 Å². The summed E-state index contributed by atoms with van der Waals surface area (Å²) in [4.78, 5) is 11.3. The molecule has 0 amide bonds. The molecule has 0 radical (unpaired) electrons. The molecule has 16 heavy (non-hydrogen) atoms. The fourth-order valence-corrected chi connectivity index (χ4v) is 1.49. The predicted molar refractivity (Wildman–Crippen MR) is 57.8 cm³/mol. The van der Waals surface area contributed by atoms with Crippen molar-refractivity contribution < 1.29 is 28.7 Å². The molecule has 0 saturated carbocycles. The van der Waals surface area contributed by atoms with Crippen molar-refractivity contribution in [3.8, 4) is 0 Å². The van der Waals surface area contributed by atoms with Crippen molar-refractivity contribution in [2.75, 3.05) is 21.3 Å². The number of hydrogen-bond donors (Lipinski definition) is 2. The summed E-state index contributed by atoms with van der Waals surface area (Å²) in [5, 5.41) is 11.9. The highest BCUT2D eigenvalue weighted by molar-refractivity contribution is 7.25. The van der Waals surface area contributed by atoms with Crippen molar-refractivity contribution in [2.24, 2.45) is 0 Å². The second-order valence-corrected chi connectivity index (χ2v) is 4.08. The molecule has 3 atom stereocenters. The maximum Gasteiger partial charge on any atom is 0.325 e. The van der Waals surface area contributed by atoms with Crippen LogP contribution in [0, 0.1) is 0 Å². The maximum atomic E-state index is 11.3. The summed E-state index contributed by atoms with van der Waals surface area (Å²) in [5.41, 5.74) is -1.57. The number of hydrogen-bond acceptors (Lipinski definition) is 7. The van der Waals surface area contributed by atoms with E-state index in [1.807, 2.05) is 0 Å². The van der Waals surface area contributed by atoms with Gasteiger partial charge in [-0.1, -0.05) is 0 Å². The van der Waals surface area contributed by atoms with Crippen LogP contribution in [0.2, 0.25) is 0 Å². The largest absolute Gasteiger partial charge is 0.468 e. The fourth-order valence-electron chi connectivity index (χ4n) is 1.05. The maximum absolute atomic E-state index is 11.3. The third-order valence-corrected chi connectivity index (χ3v) is 3.00. The van der Waals surface area contributed by atoms with Crippen LogP contribution in [0.4, 0.5) is 0 Å². The van der Waals surface area contributed by atoms with Gasteiger partial charge in [0.15, 0.2) is 0 Å². The van der Waals surface area contributed by atoms with Gasteiger partial charge in [-0.2, -0.15) is 0 Å². The fraction of sp³-hybridized carbons (Fsp3) is 0.875. The molecular formula is C8H18NO6P. The first-order valence-corrected chi connectivity index (χ1v) is 5.61. The Morgan fingerprint density at radius 3 is 2.12 bits per heavy atom. The Labute approximate surface area is 95.3 Å². The standard InChI is InChI=1S/C8H18NO6P/c1-5(10)6(7(11)13-2)9-8(14-3,15-4)16-12/h5-6,9-10H,16H2,1-4H3. The van der Waals surface area contributed by atoms with Crippen LogP contribution in [0.1, 0.15) is 6.92 Å². The molecule has 0 fully saturated rings. The summed E-state index contributed by atoms with van der Waals surface area (Å²) in [6, 6.07) is -1.08. The van der Waals surface area contributed by atoms with Crippen molar-refractivity contribution in [3.05, 3.63) is 0 Å². The Morgan fingerprint density at radius 2 is 1.88 bits per heavy atom. The lowest BCUT2D eigenvalue weighted by molar-refractivity contribution is -0.179. The van der Waals surface area contributed by atoms with E-state index in [0.29, 0.717) is 0 Å². The van der Waals surface area contributed by atoms with Crippen molar-refractivity contribution in [2.45, 2.75) is 24.7 Å². The molecule has 3 unspecified atom stereocenters. The van der Waals surface area contributed by atoms with Gasteiger partial charge in [-0.3, -0.25) is 4.79 Å². The van der Waals surface area contributed by atoms with E-state index in [2.05, 4.69) is 10.1 Å². The molecule has 96 valence electrons. The lowest BCUT2D eigenvalue weighted by Crippen LogP contribution is -2.56. The summed E-state index contributed by atoms with van der Waals surface area (Å²) >= 11 is 0. The highest BCUT2D eigenvalue weighted by Crippen LogP contribution is 2.22. The average Bonchev–Trinajstić information content (AvgIpc) is 2.30. The van der Waals surface area contributed by atoms with Crippen LogP contribution in [-0.4, -0.2) is 50.2 Å². The van der Waals surface area contributed by atoms with Crippen molar-refractivity contribution in [3.63, 3.8) is 0 Å². The molecule has 0 rings (SSSR count). The zero-order chi connectivity index (χ0) is 12.8. The van der Waals surface area contributed by atoms with Gasteiger partial charge >= 0.3 is 5.97 Å². The zero-order valence-electron chi connectivity index (χ0n) is 9.72. The lowest BCUT2D eigenvalue weighted by Gasteiger charge is -2.31. The predicted octanol–water partition coefficient (Wildman–Crippen LogP) is -0.841. The highest BCUT2D eigenvalue weighted by Gasteiger charge is 2.36. The van der Waals surface area contributed by atoms with E-state index in [1.54, 1.807) is 0 Å². The Balaban J connectivity index is 4.84. The quantitative estimate of drug-likeness (QED) is 0.348. The third-order valence-electron chi connectivity index (χ3n) is 2.06. The summed E-state index contributed by atoms with van der Waals surface area (Å²) in [7, 11) is 2.21. The van der Waals surface area contributed by atoms with Crippen LogP contribution in [0.15, 0.2) is 0 Å². The molecule has 0 bridgehead atoms. The second kappa shape index (κ2) is 6.98. The Kier molecular flexibility index (Phi) is 6.78. The molecule has 0 spiro atoms. The number of carbonyl (C=O) groups is 1. The van der Waals surface area contributed by atoms with Crippen molar-refractivity contribution in [1.82, 2.24) is 5.32 Å². The number of rotatable bonds is 7. The van der Waals surface area contributed by atoms with Gasteiger partial charge in [0, 0.05) is 14.2 Å². The first-order valence-electron chi connectivity index (χ1n) is 4.56. The molecular weight excluding hydrogens is 237 g/mol. The number of aliphatic hydroxyl groups is 1. The molecule has 0 aliphatic carbocycles. The molecule has 0 aromatic heterocycles. The van der Waals surface area contributed by atoms with E-state index < -0.39 is 32.2 Å². The molecule has 0 saturated heterocycles. The number of ether oxygens (including phenoxy) is 3. The van der Waals surface area contributed by atoms with Gasteiger partial charge in [-0.25, -0.2) is 5.32 Å². The highest BCUT2D eigenvalue weighted by atomic mass is 31.1. The van der Waals surface area contributed by atoms with Crippen LogP contribution in [-0.2, 0) is 23.6 Å². The SMILES string of the molecule is COC(=O)C(NC(OC)(OC)[PH2]=O)C(C)O. The van der Waals surface area contributed by atoms with Crippen LogP contribution >= 0.6 is 8.46 Å². The van der Waals surface area contributed by atoms with Gasteiger partial charge < -0.3 is 23.9 Å². The monoisotopic (exact) mass is 255 g/mol. The molecule has 0 heterocycles. The van der Waals surface area contributed by atoms with E-state index >= 15 is 0 Å². The summed E-state index contributed by atoms with van der Waals surface area (Å²) in [6.45, 7) is 1.39. The van der Waals surface area contributed by atoms with Crippen LogP contribution in [0.5, 0.6) is 0 Å². The molecule has 0 aromatic carbocycles. The number of methoxy groups -OCH3 is 3. The van der Waals surface area contributed by atoms with E-state index in [1.165, 1.54) is 28.3 Å². The number of aliphatic hydroxyl groups excluding tert-OH is 1. The summed E-state index contributed by atoms with van der Waals surface area (Å²) in [5.74, 6) is -0.693. The summed E-state index contributed by atoms with van der Waals surface area (Å²) < 4.78 is 25.3. The first kappa shape index (κ1) is 15.5. The summed E-state index contributed by atoms with van der Waals surface area (Å²) in [6.07, 6.45) is -1.04. The molecule has 2 N–H and O–H groups in total. The topological polar surface area (TPSA) is 94.1 Å². The molecule has 0 aromatic rings. The first-order chi connectivity index (χ1) is 7.46. The zero-order valence-corrected chi connectivity index (χ0v) is 10.9. The minimum absolute atomic E-state index is 0.693. The second-order valence-electron chi connectivity index (χ2n) is 3.08. The van der Waals surface area contributed by atoms with E-state index in [0.717, 1.165) is 0 Å². The van der Waals surface area contributed by atoms with Gasteiger partial charge in [0.25, 0.3) is 5.65 Å². The normalized spacial score (nSPS) is 16.3. The van der Waals surface area contributed by atoms with E-state index in [4.69, 9.17) is 9.47 Å². The van der Waals surface area contributed by atoms with Gasteiger partial charge in [-0.15, -0.1) is 0 Å². The number of carbonyl (C=O) groups excluding carboxylic acids is 1. The third kappa shape index (κ3) is 3.84. The van der Waals surface area contributed by atoms with Crippen molar-refractivity contribution in [1.29, 1.82) is 0 Å². The van der Waals surface area contributed by atoms with Gasteiger partial charge in [0.1, 0.15) is 14.5 Å². The number of nitrogens with one attached hydrogen (secondary N) is 1. The Hall–Kier alpha value is -0.460. The number of esters is 1. The van der Waals surface area contributed by atoms with Crippen LogP contribution in [0.25, 0.3) is 0 Å². The van der Waals surface area contributed by atoms with E-state index in [-0.39, 0.29) is 0 Å². The van der Waals surface area contributed by atoms with E-state index in [9.17, 15) is 14.5 Å². The minimum Gasteiger partial charge on any atom is -0.468 e. The van der Waals surface area contributed by atoms with Crippen molar-refractivity contribution >= 4 is 14.4 Å². The Bertz CT molecular complexity index is 243. The lowest BCUT2D eigenvalue weighted by atomic mass is 10.2. The molecule has 8 heteroatoms. The smallest absolute Gasteiger partial charge is 0.325 e. The molecule has 0 aliphatic heterocycles. The van der Waals surface area contributed by atoms with Gasteiger partial charge in [0.2, 0.25) is 0 Å². The molecule has 7 nitrogen and oxygen atoms in total.